The maximum Gasteiger partial charge on any atom is 0.307 e. The number of carbonyl (C=O) groups is 1. The van der Waals surface area contributed by atoms with Gasteiger partial charge in [0.05, 0.1) is 5.92 Å². The Labute approximate surface area is 90.9 Å². The van der Waals surface area contributed by atoms with Crippen LogP contribution in [0.2, 0.25) is 0 Å². The molecule has 0 aromatic carbocycles. The zero-order chi connectivity index (χ0) is 10.8. The summed E-state index contributed by atoms with van der Waals surface area (Å²) in [5.74, 6) is -0.914. The van der Waals surface area contributed by atoms with E-state index in [1.807, 2.05) is 0 Å². The lowest BCUT2D eigenvalue weighted by atomic mass is 10.1. The lowest BCUT2D eigenvalue weighted by Crippen LogP contribution is -2.46. The van der Waals surface area contributed by atoms with Crippen LogP contribution in [0.25, 0.3) is 0 Å². The van der Waals surface area contributed by atoms with Crippen molar-refractivity contribution in [3.8, 4) is 0 Å². The first-order valence-electron chi connectivity index (χ1n) is 5.86. The van der Waals surface area contributed by atoms with E-state index in [4.69, 9.17) is 5.11 Å². The zero-order valence-electron chi connectivity index (χ0n) is 9.35. The molecule has 0 aliphatic carbocycles. The molecule has 2 rings (SSSR count). The lowest BCUT2D eigenvalue weighted by Gasteiger charge is -2.36. The molecule has 0 aromatic rings. The van der Waals surface area contributed by atoms with Crippen LogP contribution in [0.4, 0.5) is 0 Å². The molecule has 2 fully saturated rings. The molecule has 4 heteroatoms. The fourth-order valence-corrected chi connectivity index (χ4v) is 2.45. The van der Waals surface area contributed by atoms with E-state index < -0.39 is 5.97 Å². The Morgan fingerprint density at radius 1 is 1.47 bits per heavy atom. The second-order valence-corrected chi connectivity index (χ2v) is 4.83. The van der Waals surface area contributed by atoms with E-state index in [0.717, 1.165) is 13.1 Å². The van der Waals surface area contributed by atoms with Gasteiger partial charge in [0, 0.05) is 19.1 Å². The summed E-state index contributed by atoms with van der Waals surface area (Å²) >= 11 is 0. The van der Waals surface area contributed by atoms with E-state index >= 15 is 0 Å². The normalized spacial score (nSPS) is 30.1. The van der Waals surface area contributed by atoms with Crippen LogP contribution in [-0.2, 0) is 4.79 Å². The van der Waals surface area contributed by atoms with E-state index in [1.54, 1.807) is 6.92 Å². The van der Waals surface area contributed by atoms with Crippen LogP contribution < -0.4 is 0 Å². The molecule has 0 amide bonds. The van der Waals surface area contributed by atoms with Gasteiger partial charge in [-0.3, -0.25) is 9.69 Å². The second-order valence-electron chi connectivity index (χ2n) is 4.83. The van der Waals surface area contributed by atoms with Crippen molar-refractivity contribution in [2.24, 2.45) is 5.92 Å². The smallest absolute Gasteiger partial charge is 0.307 e. The fourth-order valence-electron chi connectivity index (χ4n) is 2.45. The summed E-state index contributed by atoms with van der Waals surface area (Å²) in [5.41, 5.74) is 0. The van der Waals surface area contributed by atoms with Crippen LogP contribution in [0.3, 0.4) is 0 Å². The van der Waals surface area contributed by atoms with E-state index in [9.17, 15) is 4.79 Å². The molecular weight excluding hydrogens is 192 g/mol. The Bertz CT molecular complexity index is 241. The summed E-state index contributed by atoms with van der Waals surface area (Å²) in [6.45, 7) is 7.12. The zero-order valence-corrected chi connectivity index (χ0v) is 9.35. The summed E-state index contributed by atoms with van der Waals surface area (Å²) in [5, 5.41) is 8.84. The molecule has 0 spiro atoms. The van der Waals surface area contributed by atoms with Crippen LogP contribution >= 0.6 is 0 Å². The Morgan fingerprint density at radius 3 is 2.73 bits per heavy atom. The van der Waals surface area contributed by atoms with Gasteiger partial charge < -0.3 is 10.0 Å². The Hall–Kier alpha value is -0.610. The van der Waals surface area contributed by atoms with Gasteiger partial charge in [0.15, 0.2) is 0 Å². The van der Waals surface area contributed by atoms with Crippen LogP contribution in [0.1, 0.15) is 19.8 Å². The number of nitrogens with zero attached hydrogens (tertiary/aromatic N) is 2. The predicted molar refractivity (Wildman–Crippen MR) is 57.8 cm³/mol. The number of aliphatic carboxylic acids is 1. The fraction of sp³-hybridized carbons (Fsp3) is 0.909. The molecule has 1 N–H and O–H groups in total. The molecule has 2 saturated heterocycles. The van der Waals surface area contributed by atoms with Gasteiger partial charge in [0.25, 0.3) is 0 Å². The van der Waals surface area contributed by atoms with Gasteiger partial charge in [-0.2, -0.15) is 0 Å². The largest absolute Gasteiger partial charge is 0.481 e. The number of likely N-dealkylation sites (tertiary alicyclic amines) is 2. The Balaban J connectivity index is 1.74. The Kier molecular flexibility index (Phi) is 3.26. The first-order chi connectivity index (χ1) is 7.16. The number of hydrogen-bond acceptors (Lipinski definition) is 3. The molecule has 2 atom stereocenters. The van der Waals surface area contributed by atoms with E-state index in [-0.39, 0.29) is 5.92 Å². The molecule has 2 aliphatic heterocycles. The van der Waals surface area contributed by atoms with Crippen molar-refractivity contribution in [1.82, 2.24) is 9.80 Å². The second kappa shape index (κ2) is 4.49. The molecule has 0 bridgehead atoms. The van der Waals surface area contributed by atoms with E-state index in [1.165, 1.54) is 25.9 Å². The van der Waals surface area contributed by atoms with Gasteiger partial charge in [0.1, 0.15) is 0 Å². The molecule has 2 aliphatic rings. The molecule has 0 aromatic heterocycles. The number of rotatable bonds is 4. The highest BCUT2D eigenvalue weighted by atomic mass is 16.4. The highest BCUT2D eigenvalue weighted by Crippen LogP contribution is 2.21. The minimum atomic E-state index is -0.678. The van der Waals surface area contributed by atoms with Crippen LogP contribution in [0.15, 0.2) is 0 Å². The van der Waals surface area contributed by atoms with Crippen molar-refractivity contribution in [1.29, 1.82) is 0 Å². The van der Waals surface area contributed by atoms with Crippen molar-refractivity contribution in [2.45, 2.75) is 25.8 Å². The number of carboxylic acid groups (broad SMARTS) is 1. The first-order valence-corrected chi connectivity index (χ1v) is 5.86. The minimum absolute atomic E-state index is 0.236. The monoisotopic (exact) mass is 212 g/mol. The summed E-state index contributed by atoms with van der Waals surface area (Å²) in [4.78, 5) is 15.5. The quantitative estimate of drug-likeness (QED) is 0.736. The first kappa shape index (κ1) is 10.9. The SMILES string of the molecule is CC(CN1CCC(N2CCC2)C1)C(=O)O. The van der Waals surface area contributed by atoms with Gasteiger partial charge in [-0.15, -0.1) is 0 Å². The Morgan fingerprint density at radius 2 is 2.20 bits per heavy atom. The molecule has 2 heterocycles. The average molecular weight is 212 g/mol. The molecular formula is C11H20N2O2. The third-order valence-corrected chi connectivity index (χ3v) is 3.61. The minimum Gasteiger partial charge on any atom is -0.481 e. The van der Waals surface area contributed by atoms with Gasteiger partial charge >= 0.3 is 5.97 Å². The lowest BCUT2D eigenvalue weighted by molar-refractivity contribution is -0.141. The van der Waals surface area contributed by atoms with Crippen LogP contribution in [-0.4, -0.2) is 59.6 Å². The van der Waals surface area contributed by atoms with E-state index in [0.29, 0.717) is 12.6 Å². The van der Waals surface area contributed by atoms with Crippen molar-refractivity contribution >= 4 is 5.97 Å². The molecule has 0 radical (unpaired) electrons. The highest BCUT2D eigenvalue weighted by Gasteiger charge is 2.31. The third kappa shape index (κ3) is 2.49. The highest BCUT2D eigenvalue weighted by molar-refractivity contribution is 5.69. The summed E-state index contributed by atoms with van der Waals surface area (Å²) < 4.78 is 0. The maximum atomic E-state index is 10.7. The summed E-state index contributed by atoms with van der Waals surface area (Å²) in [6.07, 6.45) is 2.55. The molecule has 2 unspecified atom stereocenters. The van der Waals surface area contributed by atoms with Crippen LogP contribution in [0.5, 0.6) is 0 Å². The molecule has 15 heavy (non-hydrogen) atoms. The van der Waals surface area contributed by atoms with Crippen molar-refractivity contribution in [3.05, 3.63) is 0 Å². The summed E-state index contributed by atoms with van der Waals surface area (Å²) in [7, 11) is 0. The number of carboxylic acids is 1. The topological polar surface area (TPSA) is 43.8 Å². The molecule has 0 saturated carbocycles. The molecule has 4 nitrogen and oxygen atoms in total. The number of hydrogen-bond donors (Lipinski definition) is 1. The van der Waals surface area contributed by atoms with E-state index in [2.05, 4.69) is 9.80 Å². The standard InChI is InChI=1S/C11H20N2O2/c1-9(11(14)15)7-12-6-3-10(8-12)13-4-2-5-13/h9-10H,2-8H2,1H3,(H,14,15). The average Bonchev–Trinajstić information content (AvgIpc) is 2.49. The predicted octanol–water partition coefficient (Wildman–Crippen LogP) is 0.487. The maximum absolute atomic E-state index is 10.7. The molecule has 86 valence electrons. The summed E-state index contributed by atoms with van der Waals surface area (Å²) in [6, 6.07) is 0.694. The van der Waals surface area contributed by atoms with Gasteiger partial charge in [-0.25, -0.2) is 0 Å². The van der Waals surface area contributed by atoms with Crippen molar-refractivity contribution in [3.63, 3.8) is 0 Å². The van der Waals surface area contributed by atoms with Gasteiger partial charge in [0.2, 0.25) is 0 Å². The van der Waals surface area contributed by atoms with Crippen LogP contribution in [0, 0.1) is 5.92 Å². The third-order valence-electron chi connectivity index (χ3n) is 3.61. The van der Waals surface area contributed by atoms with Crippen molar-refractivity contribution in [2.75, 3.05) is 32.7 Å². The van der Waals surface area contributed by atoms with Gasteiger partial charge in [-0.1, -0.05) is 6.92 Å². The van der Waals surface area contributed by atoms with Gasteiger partial charge in [-0.05, 0) is 32.5 Å². The van der Waals surface area contributed by atoms with Crippen molar-refractivity contribution < 1.29 is 9.90 Å².